The van der Waals surface area contributed by atoms with E-state index in [9.17, 15) is 9.90 Å². The van der Waals surface area contributed by atoms with Crippen LogP contribution in [-0.2, 0) is 13.1 Å². The van der Waals surface area contributed by atoms with Gasteiger partial charge < -0.3 is 15.3 Å². The predicted molar refractivity (Wildman–Crippen MR) is 101 cm³/mol. The molecule has 0 saturated carbocycles. The van der Waals surface area contributed by atoms with Gasteiger partial charge in [-0.25, -0.2) is 4.79 Å². The Labute approximate surface area is 152 Å². The lowest BCUT2D eigenvalue weighted by molar-refractivity contribution is 0.0531. The van der Waals surface area contributed by atoms with Gasteiger partial charge in [-0.3, -0.25) is 4.90 Å². The molecule has 25 heavy (non-hydrogen) atoms. The molecule has 2 N–H and O–H groups in total. The standard InChI is InChI=1S/C20H33N3O2/c1-16-8-7-11-23(13-16)14-18-10-6-5-9-17(18)12-21-19(24)22(4)15-20(2,3)25/h5-6,9-10,16,25H,7-8,11-15H2,1-4H3,(H,21,24)/t16-/m1/s1. The number of hydrogen-bond acceptors (Lipinski definition) is 3. The number of hydrogen-bond donors (Lipinski definition) is 2. The van der Waals surface area contributed by atoms with E-state index in [4.69, 9.17) is 0 Å². The Kier molecular flexibility index (Phi) is 6.85. The summed E-state index contributed by atoms with van der Waals surface area (Å²) < 4.78 is 0. The number of carbonyl (C=O) groups is 1. The number of nitrogens with zero attached hydrogens (tertiary/aromatic N) is 2. The number of urea groups is 1. The third-order valence-corrected chi connectivity index (χ3v) is 4.65. The fourth-order valence-corrected chi connectivity index (χ4v) is 3.51. The molecule has 140 valence electrons. The van der Waals surface area contributed by atoms with Gasteiger partial charge in [-0.1, -0.05) is 31.2 Å². The second kappa shape index (κ2) is 8.68. The summed E-state index contributed by atoms with van der Waals surface area (Å²) in [5.74, 6) is 0.760. The van der Waals surface area contributed by atoms with Crippen molar-refractivity contribution in [2.75, 3.05) is 26.7 Å². The van der Waals surface area contributed by atoms with Crippen molar-refractivity contribution >= 4 is 6.03 Å². The maximum absolute atomic E-state index is 12.2. The fraction of sp³-hybridized carbons (Fsp3) is 0.650. The van der Waals surface area contributed by atoms with Crippen LogP contribution >= 0.6 is 0 Å². The Morgan fingerprint density at radius 1 is 1.36 bits per heavy atom. The molecular weight excluding hydrogens is 314 g/mol. The highest BCUT2D eigenvalue weighted by molar-refractivity contribution is 5.73. The maximum Gasteiger partial charge on any atom is 0.317 e. The first kappa shape index (κ1) is 19.7. The summed E-state index contributed by atoms with van der Waals surface area (Å²) in [5, 5.41) is 12.8. The number of likely N-dealkylation sites (N-methyl/N-ethyl adjacent to an activating group) is 1. The quantitative estimate of drug-likeness (QED) is 0.832. The number of aliphatic hydroxyl groups is 1. The number of carbonyl (C=O) groups excluding carboxylic acids is 1. The van der Waals surface area contributed by atoms with Crippen LogP contribution in [0.25, 0.3) is 0 Å². The molecule has 2 amide bonds. The Morgan fingerprint density at radius 2 is 2.04 bits per heavy atom. The first-order valence-electron chi connectivity index (χ1n) is 9.25. The zero-order valence-corrected chi connectivity index (χ0v) is 16.1. The van der Waals surface area contributed by atoms with Gasteiger partial charge in [0.15, 0.2) is 0 Å². The third kappa shape index (κ3) is 6.67. The number of amides is 2. The van der Waals surface area contributed by atoms with E-state index in [1.807, 2.05) is 6.07 Å². The van der Waals surface area contributed by atoms with Gasteiger partial charge in [-0.2, -0.15) is 0 Å². The Balaban J connectivity index is 1.92. The lowest BCUT2D eigenvalue weighted by Crippen LogP contribution is -2.44. The van der Waals surface area contributed by atoms with E-state index in [-0.39, 0.29) is 6.03 Å². The minimum atomic E-state index is -0.894. The van der Waals surface area contributed by atoms with E-state index in [1.165, 1.54) is 23.3 Å². The van der Waals surface area contributed by atoms with Crippen molar-refractivity contribution in [1.82, 2.24) is 15.1 Å². The summed E-state index contributed by atoms with van der Waals surface area (Å²) >= 11 is 0. The molecule has 5 heteroatoms. The molecule has 1 aliphatic rings. The molecule has 0 bridgehead atoms. The largest absolute Gasteiger partial charge is 0.389 e. The average molecular weight is 348 g/mol. The Hall–Kier alpha value is -1.59. The first-order chi connectivity index (χ1) is 11.7. The van der Waals surface area contributed by atoms with Crippen molar-refractivity contribution in [2.45, 2.75) is 52.3 Å². The molecule has 1 aromatic carbocycles. The molecular formula is C20H33N3O2. The molecule has 0 radical (unpaired) electrons. The van der Waals surface area contributed by atoms with Crippen LogP contribution in [0.5, 0.6) is 0 Å². The molecule has 1 fully saturated rings. The number of likely N-dealkylation sites (tertiary alicyclic amines) is 1. The summed E-state index contributed by atoms with van der Waals surface area (Å²) in [7, 11) is 1.70. The number of benzene rings is 1. The Morgan fingerprint density at radius 3 is 2.68 bits per heavy atom. The van der Waals surface area contributed by atoms with Crippen molar-refractivity contribution in [1.29, 1.82) is 0 Å². The van der Waals surface area contributed by atoms with Gasteiger partial charge in [0.05, 0.1) is 12.1 Å². The van der Waals surface area contributed by atoms with Gasteiger partial charge in [0, 0.05) is 26.7 Å². The first-order valence-corrected chi connectivity index (χ1v) is 9.25. The second-order valence-electron chi connectivity index (χ2n) is 8.08. The van der Waals surface area contributed by atoms with Crippen LogP contribution in [0.3, 0.4) is 0 Å². The minimum Gasteiger partial charge on any atom is -0.389 e. The summed E-state index contributed by atoms with van der Waals surface area (Å²) in [4.78, 5) is 16.3. The minimum absolute atomic E-state index is 0.163. The normalized spacial score (nSPS) is 18.8. The van der Waals surface area contributed by atoms with Crippen LogP contribution < -0.4 is 5.32 Å². The Bertz CT molecular complexity index is 568. The SMILES string of the molecule is C[C@@H]1CCCN(Cc2ccccc2CNC(=O)N(C)CC(C)(C)O)C1. The predicted octanol–water partition coefficient (Wildman–Crippen LogP) is 2.83. The van der Waals surface area contributed by atoms with E-state index in [2.05, 4.69) is 35.3 Å². The van der Waals surface area contributed by atoms with Gasteiger partial charge >= 0.3 is 6.03 Å². The molecule has 1 heterocycles. The number of nitrogens with one attached hydrogen (secondary N) is 1. The van der Waals surface area contributed by atoms with Gasteiger partial charge in [0.25, 0.3) is 0 Å². The molecule has 2 rings (SSSR count). The summed E-state index contributed by atoms with van der Waals surface area (Å²) in [6, 6.07) is 8.16. The van der Waals surface area contributed by atoms with Gasteiger partial charge in [0.1, 0.15) is 0 Å². The highest BCUT2D eigenvalue weighted by Crippen LogP contribution is 2.19. The summed E-state index contributed by atoms with van der Waals surface area (Å²) in [6.07, 6.45) is 2.59. The molecule has 0 aromatic heterocycles. The lowest BCUT2D eigenvalue weighted by atomic mass is 9.99. The molecule has 1 atom stereocenters. The molecule has 0 spiro atoms. The molecule has 5 nitrogen and oxygen atoms in total. The lowest BCUT2D eigenvalue weighted by Gasteiger charge is -2.31. The monoisotopic (exact) mass is 347 g/mol. The van der Waals surface area contributed by atoms with Crippen LogP contribution in [0, 0.1) is 5.92 Å². The van der Waals surface area contributed by atoms with Crippen molar-refractivity contribution in [3.63, 3.8) is 0 Å². The molecule has 1 saturated heterocycles. The highest BCUT2D eigenvalue weighted by Gasteiger charge is 2.20. The maximum atomic E-state index is 12.2. The summed E-state index contributed by atoms with van der Waals surface area (Å²) in [6.45, 7) is 9.76. The van der Waals surface area contributed by atoms with Crippen LogP contribution in [0.15, 0.2) is 24.3 Å². The van der Waals surface area contributed by atoms with Gasteiger partial charge in [-0.15, -0.1) is 0 Å². The van der Waals surface area contributed by atoms with Gasteiger partial charge in [0.2, 0.25) is 0 Å². The molecule has 0 aliphatic carbocycles. The van der Waals surface area contributed by atoms with Crippen molar-refractivity contribution in [3.05, 3.63) is 35.4 Å². The molecule has 1 aromatic rings. The van der Waals surface area contributed by atoms with Crippen LogP contribution in [0.2, 0.25) is 0 Å². The number of piperidine rings is 1. The average Bonchev–Trinajstić information content (AvgIpc) is 2.52. The van der Waals surface area contributed by atoms with E-state index < -0.39 is 5.60 Å². The van der Waals surface area contributed by atoms with E-state index in [0.717, 1.165) is 31.1 Å². The highest BCUT2D eigenvalue weighted by atomic mass is 16.3. The van der Waals surface area contributed by atoms with Crippen LogP contribution in [0.1, 0.15) is 44.7 Å². The fourth-order valence-electron chi connectivity index (χ4n) is 3.51. The number of rotatable bonds is 6. The van der Waals surface area contributed by atoms with Gasteiger partial charge in [-0.05, 0) is 50.3 Å². The van der Waals surface area contributed by atoms with Crippen molar-refractivity contribution < 1.29 is 9.90 Å². The smallest absolute Gasteiger partial charge is 0.317 e. The molecule has 1 aliphatic heterocycles. The molecule has 0 unspecified atom stereocenters. The van der Waals surface area contributed by atoms with E-state index >= 15 is 0 Å². The summed E-state index contributed by atoms with van der Waals surface area (Å²) in [5.41, 5.74) is 1.54. The van der Waals surface area contributed by atoms with Crippen molar-refractivity contribution in [2.24, 2.45) is 5.92 Å². The second-order valence-corrected chi connectivity index (χ2v) is 8.08. The van der Waals surface area contributed by atoms with Crippen molar-refractivity contribution in [3.8, 4) is 0 Å². The van der Waals surface area contributed by atoms with Crippen LogP contribution in [-0.4, -0.2) is 53.2 Å². The van der Waals surface area contributed by atoms with E-state index in [1.54, 1.807) is 20.9 Å². The van der Waals surface area contributed by atoms with Crippen LogP contribution in [0.4, 0.5) is 4.79 Å². The van der Waals surface area contributed by atoms with E-state index in [0.29, 0.717) is 13.1 Å². The third-order valence-electron chi connectivity index (χ3n) is 4.65. The zero-order valence-electron chi connectivity index (χ0n) is 16.1. The zero-order chi connectivity index (χ0) is 18.4. The topological polar surface area (TPSA) is 55.8 Å².